The second-order valence-electron chi connectivity index (χ2n) is 3.48. The lowest BCUT2D eigenvalue weighted by molar-refractivity contribution is -0.869. The highest BCUT2D eigenvalue weighted by Crippen LogP contribution is 2.07. The highest BCUT2D eigenvalue weighted by molar-refractivity contribution is 9.09. The zero-order valence-electron chi connectivity index (χ0n) is 6.82. The molecule has 0 aromatic heterocycles. The van der Waals surface area contributed by atoms with Crippen LogP contribution in [0.15, 0.2) is 0 Å². The predicted octanol–water partition coefficient (Wildman–Crippen LogP) is 1.87. The molecule has 56 valence electrons. The third-order valence-electron chi connectivity index (χ3n) is 1.19. The molecule has 0 aliphatic heterocycles. The summed E-state index contributed by atoms with van der Waals surface area (Å²) in [5.74, 6) is 0. The Morgan fingerprint density at radius 3 is 1.89 bits per heavy atom. The van der Waals surface area contributed by atoms with Crippen molar-refractivity contribution in [2.24, 2.45) is 0 Å². The van der Waals surface area contributed by atoms with Crippen LogP contribution >= 0.6 is 15.9 Å². The second-order valence-corrected chi connectivity index (χ2v) is 4.77. The quantitative estimate of drug-likeness (QED) is 0.476. The van der Waals surface area contributed by atoms with E-state index in [4.69, 9.17) is 0 Å². The van der Waals surface area contributed by atoms with Gasteiger partial charge in [-0.2, -0.15) is 0 Å². The normalized spacial score (nSPS) is 15.7. The Bertz CT molecular complexity index is 75.5. The smallest absolute Gasteiger partial charge is 0.0907 e. The molecule has 0 aromatic carbocycles. The molecule has 0 aliphatic carbocycles. The summed E-state index contributed by atoms with van der Waals surface area (Å²) < 4.78 is 1.05. The first-order valence-electron chi connectivity index (χ1n) is 3.40. The lowest BCUT2D eigenvalue weighted by atomic mass is 10.3. The first kappa shape index (κ1) is 9.44. The Morgan fingerprint density at radius 1 is 1.33 bits per heavy atom. The molecule has 0 bridgehead atoms. The standard InChI is InChI=1S/C7H17BrN/c1-5-7(8)6-9(2,3)4/h7H,5-6H2,1-4H3/q+1. The van der Waals surface area contributed by atoms with Gasteiger partial charge >= 0.3 is 0 Å². The van der Waals surface area contributed by atoms with Crippen molar-refractivity contribution in [3.8, 4) is 0 Å². The van der Waals surface area contributed by atoms with Gasteiger partial charge in [0.15, 0.2) is 0 Å². The van der Waals surface area contributed by atoms with E-state index in [1.165, 1.54) is 13.0 Å². The fourth-order valence-corrected chi connectivity index (χ4v) is 1.59. The Hall–Kier alpha value is 0.440. The Morgan fingerprint density at radius 2 is 1.78 bits per heavy atom. The molecule has 0 saturated carbocycles. The van der Waals surface area contributed by atoms with Crippen LogP contribution in [-0.4, -0.2) is 37.0 Å². The summed E-state index contributed by atoms with van der Waals surface area (Å²) in [6.07, 6.45) is 1.22. The lowest BCUT2D eigenvalue weighted by Gasteiger charge is -2.25. The summed E-state index contributed by atoms with van der Waals surface area (Å²) in [5.41, 5.74) is 0. The number of hydrogen-bond acceptors (Lipinski definition) is 0. The molecule has 0 radical (unpaired) electrons. The van der Waals surface area contributed by atoms with E-state index in [2.05, 4.69) is 44.0 Å². The maximum atomic E-state index is 3.60. The number of halogens is 1. The van der Waals surface area contributed by atoms with Gasteiger partial charge < -0.3 is 4.48 Å². The van der Waals surface area contributed by atoms with E-state index in [1.54, 1.807) is 0 Å². The zero-order chi connectivity index (χ0) is 7.49. The maximum absolute atomic E-state index is 3.60. The molecule has 0 amide bonds. The third kappa shape index (κ3) is 6.32. The van der Waals surface area contributed by atoms with E-state index in [0.29, 0.717) is 4.83 Å². The molecule has 0 spiro atoms. The van der Waals surface area contributed by atoms with Crippen LogP contribution < -0.4 is 0 Å². The molecule has 1 atom stereocenters. The number of hydrogen-bond donors (Lipinski definition) is 0. The monoisotopic (exact) mass is 194 g/mol. The number of rotatable bonds is 3. The largest absolute Gasteiger partial charge is 0.330 e. The fraction of sp³-hybridized carbons (Fsp3) is 1.00. The second kappa shape index (κ2) is 3.57. The minimum absolute atomic E-state index is 0.678. The van der Waals surface area contributed by atoms with Crippen LogP contribution in [0.25, 0.3) is 0 Å². The van der Waals surface area contributed by atoms with Crippen LogP contribution in [0.5, 0.6) is 0 Å². The van der Waals surface area contributed by atoms with Crippen molar-refractivity contribution in [2.75, 3.05) is 27.7 Å². The van der Waals surface area contributed by atoms with Gasteiger partial charge in [0.2, 0.25) is 0 Å². The van der Waals surface area contributed by atoms with Crippen LogP contribution in [0.1, 0.15) is 13.3 Å². The SMILES string of the molecule is CCC(Br)C[N+](C)(C)C. The summed E-state index contributed by atoms with van der Waals surface area (Å²) in [7, 11) is 6.64. The van der Waals surface area contributed by atoms with Crippen LogP contribution in [0.4, 0.5) is 0 Å². The average molecular weight is 195 g/mol. The molecule has 1 unspecified atom stereocenters. The maximum Gasteiger partial charge on any atom is 0.0907 e. The van der Waals surface area contributed by atoms with Gasteiger partial charge in [-0.25, -0.2) is 0 Å². The Balaban J connectivity index is 3.47. The van der Waals surface area contributed by atoms with Crippen molar-refractivity contribution in [3.05, 3.63) is 0 Å². The number of quaternary nitrogens is 1. The molecule has 1 nitrogen and oxygen atoms in total. The van der Waals surface area contributed by atoms with Gasteiger partial charge in [-0.15, -0.1) is 0 Å². The van der Waals surface area contributed by atoms with Crippen LogP contribution in [0.2, 0.25) is 0 Å². The lowest BCUT2D eigenvalue weighted by Crippen LogP contribution is -2.39. The highest BCUT2D eigenvalue weighted by Gasteiger charge is 2.12. The molecule has 0 N–H and O–H groups in total. The molecule has 0 aromatic rings. The summed E-state index contributed by atoms with van der Waals surface area (Å²) >= 11 is 3.60. The summed E-state index contributed by atoms with van der Waals surface area (Å²) in [6.45, 7) is 3.41. The van der Waals surface area contributed by atoms with Crippen LogP contribution in [0, 0.1) is 0 Å². The Kier molecular flexibility index (Phi) is 3.74. The molecule has 2 heteroatoms. The number of nitrogens with zero attached hydrogens (tertiary/aromatic N) is 1. The summed E-state index contributed by atoms with van der Waals surface area (Å²) in [4.78, 5) is 0.678. The molecule has 9 heavy (non-hydrogen) atoms. The topological polar surface area (TPSA) is 0 Å². The van der Waals surface area contributed by atoms with Crippen molar-refractivity contribution in [3.63, 3.8) is 0 Å². The zero-order valence-corrected chi connectivity index (χ0v) is 8.40. The average Bonchev–Trinajstić information content (AvgIpc) is 1.62. The highest BCUT2D eigenvalue weighted by atomic mass is 79.9. The van der Waals surface area contributed by atoms with Crippen molar-refractivity contribution in [1.82, 2.24) is 0 Å². The summed E-state index contributed by atoms with van der Waals surface area (Å²) in [5, 5.41) is 0. The van der Waals surface area contributed by atoms with Crippen molar-refractivity contribution in [1.29, 1.82) is 0 Å². The van der Waals surface area contributed by atoms with E-state index in [9.17, 15) is 0 Å². The molecular formula is C7H17BrN+. The van der Waals surface area contributed by atoms with Gasteiger partial charge in [-0.1, -0.05) is 22.9 Å². The first-order valence-corrected chi connectivity index (χ1v) is 4.32. The molecule has 0 rings (SSSR count). The molecular weight excluding hydrogens is 178 g/mol. The Labute approximate surface area is 66.8 Å². The van der Waals surface area contributed by atoms with E-state index < -0.39 is 0 Å². The third-order valence-corrected chi connectivity index (χ3v) is 2.13. The van der Waals surface area contributed by atoms with E-state index >= 15 is 0 Å². The van der Waals surface area contributed by atoms with Crippen molar-refractivity contribution < 1.29 is 4.48 Å². The minimum Gasteiger partial charge on any atom is -0.330 e. The van der Waals surface area contributed by atoms with Gasteiger partial charge in [-0.3, -0.25) is 0 Å². The van der Waals surface area contributed by atoms with Crippen molar-refractivity contribution >= 4 is 15.9 Å². The molecule has 0 aliphatic rings. The van der Waals surface area contributed by atoms with Gasteiger partial charge in [0.1, 0.15) is 0 Å². The fourth-order valence-electron chi connectivity index (χ4n) is 0.723. The van der Waals surface area contributed by atoms with E-state index in [0.717, 1.165) is 4.48 Å². The van der Waals surface area contributed by atoms with E-state index in [1.807, 2.05) is 0 Å². The van der Waals surface area contributed by atoms with Crippen LogP contribution in [-0.2, 0) is 0 Å². The number of alkyl halides is 1. The molecule has 0 heterocycles. The van der Waals surface area contributed by atoms with Crippen LogP contribution in [0.3, 0.4) is 0 Å². The van der Waals surface area contributed by atoms with E-state index in [-0.39, 0.29) is 0 Å². The van der Waals surface area contributed by atoms with Gasteiger partial charge in [0.05, 0.1) is 32.5 Å². The van der Waals surface area contributed by atoms with Crippen molar-refractivity contribution in [2.45, 2.75) is 18.2 Å². The molecule has 0 saturated heterocycles. The summed E-state index contributed by atoms with van der Waals surface area (Å²) in [6, 6.07) is 0. The van der Waals surface area contributed by atoms with Gasteiger partial charge in [0.25, 0.3) is 0 Å². The molecule has 0 fully saturated rings. The first-order chi connectivity index (χ1) is 3.95. The van der Waals surface area contributed by atoms with Gasteiger partial charge in [-0.05, 0) is 6.42 Å². The predicted molar refractivity (Wildman–Crippen MR) is 45.9 cm³/mol. The van der Waals surface area contributed by atoms with Gasteiger partial charge in [0, 0.05) is 0 Å². The minimum atomic E-state index is 0.678.